The fourth-order valence-corrected chi connectivity index (χ4v) is 2.22. The summed E-state index contributed by atoms with van der Waals surface area (Å²) in [6.45, 7) is 4.55. The number of amides is 1. The van der Waals surface area contributed by atoms with Crippen LogP contribution in [0.5, 0.6) is 0 Å². The highest BCUT2D eigenvalue weighted by Crippen LogP contribution is 2.15. The topological polar surface area (TPSA) is 35.6 Å². The van der Waals surface area contributed by atoms with Crippen molar-refractivity contribution in [2.75, 3.05) is 38.6 Å². The first-order valence-electron chi connectivity index (χ1n) is 6.38. The van der Waals surface area contributed by atoms with Gasteiger partial charge < -0.3 is 15.1 Å². The molecule has 4 nitrogen and oxygen atoms in total. The average Bonchev–Trinajstić information content (AvgIpc) is 2.38. The van der Waals surface area contributed by atoms with Crippen LogP contribution < -0.4 is 10.2 Å². The van der Waals surface area contributed by atoms with E-state index in [2.05, 4.69) is 12.2 Å². The molecule has 1 aliphatic heterocycles. The van der Waals surface area contributed by atoms with Crippen LogP contribution in [-0.4, -0.2) is 50.6 Å². The van der Waals surface area contributed by atoms with Crippen molar-refractivity contribution in [2.24, 2.45) is 0 Å². The molecule has 5 heteroatoms. The molecule has 1 fully saturated rings. The molecule has 1 atom stereocenters. The summed E-state index contributed by atoms with van der Waals surface area (Å²) in [5.41, 5.74) is 1.83. The molecule has 1 aromatic rings. The van der Waals surface area contributed by atoms with Gasteiger partial charge in [-0.15, -0.1) is 12.4 Å². The molecule has 106 valence electrons. The molecular formula is C14H22ClN3O. The Kier molecular flexibility index (Phi) is 5.63. The van der Waals surface area contributed by atoms with Crippen LogP contribution in [0.15, 0.2) is 24.3 Å². The largest absolute Gasteiger partial charge is 0.378 e. The highest BCUT2D eigenvalue weighted by molar-refractivity contribution is 5.95. The molecular weight excluding hydrogens is 262 g/mol. The molecule has 1 N–H and O–H groups in total. The minimum atomic E-state index is 0. The lowest BCUT2D eigenvalue weighted by Crippen LogP contribution is -2.51. The fourth-order valence-electron chi connectivity index (χ4n) is 2.22. The van der Waals surface area contributed by atoms with E-state index in [-0.39, 0.29) is 18.3 Å². The van der Waals surface area contributed by atoms with E-state index in [0.717, 1.165) is 30.9 Å². The summed E-state index contributed by atoms with van der Waals surface area (Å²) in [5, 5.41) is 3.35. The zero-order chi connectivity index (χ0) is 13.1. The molecule has 0 radical (unpaired) electrons. The van der Waals surface area contributed by atoms with E-state index in [1.165, 1.54) is 0 Å². The lowest BCUT2D eigenvalue weighted by molar-refractivity contribution is 0.0709. The Balaban J connectivity index is 0.00000180. The Hall–Kier alpha value is -1.26. The summed E-state index contributed by atoms with van der Waals surface area (Å²) in [6, 6.07) is 8.17. The van der Waals surface area contributed by atoms with Gasteiger partial charge in [0.1, 0.15) is 0 Å². The summed E-state index contributed by atoms with van der Waals surface area (Å²) in [4.78, 5) is 16.3. The Morgan fingerprint density at radius 1 is 1.42 bits per heavy atom. The smallest absolute Gasteiger partial charge is 0.254 e. The first kappa shape index (κ1) is 15.8. The molecule has 0 aromatic heterocycles. The van der Waals surface area contributed by atoms with Crippen LogP contribution in [-0.2, 0) is 0 Å². The molecule has 0 saturated carbocycles. The van der Waals surface area contributed by atoms with Crippen molar-refractivity contribution in [1.82, 2.24) is 10.2 Å². The lowest BCUT2D eigenvalue weighted by atomic mass is 10.1. The number of anilines is 1. The van der Waals surface area contributed by atoms with Crippen LogP contribution in [0.3, 0.4) is 0 Å². The second-order valence-corrected chi connectivity index (χ2v) is 5.05. The van der Waals surface area contributed by atoms with Gasteiger partial charge in [-0.2, -0.15) is 0 Å². The molecule has 1 aliphatic rings. The number of carbonyl (C=O) groups is 1. The zero-order valence-corrected chi connectivity index (χ0v) is 12.5. The van der Waals surface area contributed by atoms with Crippen molar-refractivity contribution in [1.29, 1.82) is 0 Å². The van der Waals surface area contributed by atoms with Gasteiger partial charge in [-0.1, -0.05) is 6.07 Å². The van der Waals surface area contributed by atoms with Gasteiger partial charge in [0, 0.05) is 51.0 Å². The molecule has 0 aliphatic carbocycles. The van der Waals surface area contributed by atoms with E-state index in [9.17, 15) is 4.79 Å². The third kappa shape index (κ3) is 3.85. The highest BCUT2D eigenvalue weighted by Gasteiger charge is 2.21. The first-order valence-corrected chi connectivity index (χ1v) is 6.38. The zero-order valence-electron chi connectivity index (χ0n) is 11.7. The van der Waals surface area contributed by atoms with Crippen molar-refractivity contribution in [3.05, 3.63) is 29.8 Å². The molecule has 0 bridgehead atoms. The summed E-state index contributed by atoms with van der Waals surface area (Å²) in [7, 11) is 3.97. The first-order chi connectivity index (χ1) is 8.58. The molecule has 19 heavy (non-hydrogen) atoms. The number of nitrogens with zero attached hydrogens (tertiary/aromatic N) is 2. The van der Waals surface area contributed by atoms with Crippen LogP contribution in [0.4, 0.5) is 5.69 Å². The van der Waals surface area contributed by atoms with E-state index in [1.54, 1.807) is 0 Å². The van der Waals surface area contributed by atoms with Crippen molar-refractivity contribution in [2.45, 2.75) is 13.0 Å². The van der Waals surface area contributed by atoms with Crippen molar-refractivity contribution >= 4 is 24.0 Å². The predicted octanol–water partition coefficient (Wildman–Crippen LogP) is 1.61. The van der Waals surface area contributed by atoms with Crippen LogP contribution in [0.25, 0.3) is 0 Å². The predicted molar refractivity (Wildman–Crippen MR) is 81.4 cm³/mol. The maximum absolute atomic E-state index is 12.4. The monoisotopic (exact) mass is 283 g/mol. The molecule has 0 spiro atoms. The van der Waals surface area contributed by atoms with E-state index in [1.807, 2.05) is 48.2 Å². The number of rotatable bonds is 2. The number of benzene rings is 1. The molecule has 1 heterocycles. The van der Waals surface area contributed by atoms with E-state index < -0.39 is 0 Å². The minimum Gasteiger partial charge on any atom is -0.378 e. The average molecular weight is 284 g/mol. The summed E-state index contributed by atoms with van der Waals surface area (Å²) >= 11 is 0. The van der Waals surface area contributed by atoms with Gasteiger partial charge in [0.25, 0.3) is 5.91 Å². The van der Waals surface area contributed by atoms with Crippen molar-refractivity contribution < 1.29 is 4.79 Å². The van der Waals surface area contributed by atoms with Crippen LogP contribution in [0, 0.1) is 0 Å². The molecule has 0 unspecified atom stereocenters. The van der Waals surface area contributed by atoms with Crippen molar-refractivity contribution in [3.8, 4) is 0 Å². The van der Waals surface area contributed by atoms with Gasteiger partial charge >= 0.3 is 0 Å². The Bertz CT molecular complexity index is 436. The number of carbonyl (C=O) groups excluding carboxylic acids is 1. The second kappa shape index (κ2) is 6.78. The van der Waals surface area contributed by atoms with Gasteiger partial charge in [-0.3, -0.25) is 4.79 Å². The Labute approximate surface area is 121 Å². The third-order valence-electron chi connectivity index (χ3n) is 3.27. The third-order valence-corrected chi connectivity index (χ3v) is 3.27. The summed E-state index contributed by atoms with van der Waals surface area (Å²) in [6.07, 6.45) is 0. The fraction of sp³-hybridized carbons (Fsp3) is 0.500. The number of hydrogen-bond donors (Lipinski definition) is 1. The van der Waals surface area contributed by atoms with Gasteiger partial charge in [0.05, 0.1) is 0 Å². The number of hydrogen-bond acceptors (Lipinski definition) is 3. The quantitative estimate of drug-likeness (QED) is 0.896. The van der Waals surface area contributed by atoms with E-state index in [4.69, 9.17) is 0 Å². The summed E-state index contributed by atoms with van der Waals surface area (Å²) < 4.78 is 0. The maximum Gasteiger partial charge on any atom is 0.254 e. The number of halogens is 1. The van der Waals surface area contributed by atoms with Crippen LogP contribution in [0.1, 0.15) is 17.3 Å². The van der Waals surface area contributed by atoms with Crippen molar-refractivity contribution in [3.63, 3.8) is 0 Å². The molecule has 1 aromatic carbocycles. The number of piperazine rings is 1. The molecule has 1 saturated heterocycles. The van der Waals surface area contributed by atoms with Gasteiger partial charge in [0.15, 0.2) is 0 Å². The standard InChI is InChI=1S/C14H21N3O.ClH/c1-11-10-17(8-7-15-11)14(18)12-5-4-6-13(9-12)16(2)3;/h4-6,9,11,15H,7-8,10H2,1-3H3;1H/t11-;/m0./s1. The SMILES string of the molecule is C[C@H]1CN(C(=O)c2cccc(N(C)C)c2)CCN1.Cl. The van der Waals surface area contributed by atoms with E-state index >= 15 is 0 Å². The van der Waals surface area contributed by atoms with Gasteiger partial charge in [0.2, 0.25) is 0 Å². The number of nitrogens with one attached hydrogen (secondary N) is 1. The maximum atomic E-state index is 12.4. The van der Waals surface area contributed by atoms with Crippen LogP contribution >= 0.6 is 12.4 Å². The van der Waals surface area contributed by atoms with Crippen LogP contribution in [0.2, 0.25) is 0 Å². The van der Waals surface area contributed by atoms with Gasteiger partial charge in [-0.25, -0.2) is 0 Å². The minimum absolute atomic E-state index is 0. The lowest BCUT2D eigenvalue weighted by Gasteiger charge is -2.32. The Morgan fingerprint density at radius 2 is 2.16 bits per heavy atom. The normalized spacial score (nSPS) is 18.7. The Morgan fingerprint density at radius 3 is 2.79 bits per heavy atom. The highest BCUT2D eigenvalue weighted by atomic mass is 35.5. The second-order valence-electron chi connectivity index (χ2n) is 5.05. The molecule has 1 amide bonds. The molecule has 2 rings (SSSR count). The van der Waals surface area contributed by atoms with E-state index in [0.29, 0.717) is 6.04 Å². The van der Waals surface area contributed by atoms with Gasteiger partial charge in [-0.05, 0) is 25.1 Å². The summed E-state index contributed by atoms with van der Waals surface area (Å²) in [5.74, 6) is 0.132.